The molecule has 1 aliphatic rings. The van der Waals surface area contributed by atoms with E-state index in [-0.39, 0.29) is 19.7 Å². The Morgan fingerprint density at radius 2 is 2.10 bits per heavy atom. The van der Waals surface area contributed by atoms with E-state index in [4.69, 9.17) is 10.00 Å². The number of benzene rings is 1. The van der Waals surface area contributed by atoms with Crippen molar-refractivity contribution in [3.8, 4) is 11.8 Å². The van der Waals surface area contributed by atoms with Gasteiger partial charge in [0.15, 0.2) is 6.61 Å². The summed E-state index contributed by atoms with van der Waals surface area (Å²) in [5, 5.41) is 11.2. The Morgan fingerprint density at radius 1 is 1.28 bits per heavy atom. The molecule has 1 aromatic carbocycles. The number of hydrogen-bond acceptors (Lipinski definition) is 7. The number of amides is 3. The maximum Gasteiger partial charge on any atom is 0.293 e. The topological polar surface area (TPSA) is 112 Å². The van der Waals surface area contributed by atoms with Crippen LogP contribution in [0.25, 0.3) is 6.08 Å². The Bertz CT molecular complexity index is 1000. The summed E-state index contributed by atoms with van der Waals surface area (Å²) >= 11 is 0.850. The molecule has 0 spiro atoms. The zero-order chi connectivity index (χ0) is 20.6. The van der Waals surface area contributed by atoms with Crippen molar-refractivity contribution in [2.24, 2.45) is 0 Å². The first-order valence-electron chi connectivity index (χ1n) is 8.62. The number of imide groups is 1. The molecule has 0 unspecified atom stereocenters. The molecule has 0 aliphatic carbocycles. The summed E-state index contributed by atoms with van der Waals surface area (Å²) < 4.78 is 5.34. The second kappa shape index (κ2) is 9.52. The maximum absolute atomic E-state index is 12.4. The van der Waals surface area contributed by atoms with Crippen molar-refractivity contribution in [1.29, 1.82) is 5.26 Å². The highest BCUT2D eigenvalue weighted by Crippen LogP contribution is 2.31. The molecule has 0 saturated carbocycles. The minimum atomic E-state index is -0.421. The van der Waals surface area contributed by atoms with Gasteiger partial charge in [0.05, 0.1) is 10.5 Å². The molecule has 3 amide bonds. The van der Waals surface area contributed by atoms with E-state index in [1.54, 1.807) is 54.9 Å². The zero-order valence-corrected chi connectivity index (χ0v) is 16.0. The first-order chi connectivity index (χ1) is 14.1. The van der Waals surface area contributed by atoms with Crippen molar-refractivity contribution in [1.82, 2.24) is 15.2 Å². The predicted molar refractivity (Wildman–Crippen MR) is 107 cm³/mol. The average molecular weight is 408 g/mol. The van der Waals surface area contributed by atoms with Crippen molar-refractivity contribution < 1.29 is 19.1 Å². The van der Waals surface area contributed by atoms with E-state index in [1.165, 1.54) is 0 Å². The standard InChI is InChI=1S/C20H16N4O4S/c21-11-15-5-1-2-6-16(15)28-13-18(25)23-8-9-24-19(26)17(29-20(24)27)10-14-4-3-7-22-12-14/h1-7,10,12H,8-9,13H2,(H,23,25)/b17-10-. The van der Waals surface area contributed by atoms with Crippen LogP contribution in [0.2, 0.25) is 0 Å². The van der Waals surface area contributed by atoms with Gasteiger partial charge in [-0.25, -0.2) is 0 Å². The first kappa shape index (κ1) is 20.1. The summed E-state index contributed by atoms with van der Waals surface area (Å²) in [4.78, 5) is 41.8. The van der Waals surface area contributed by atoms with Crippen LogP contribution in [0.15, 0.2) is 53.7 Å². The third-order valence-electron chi connectivity index (χ3n) is 3.88. The lowest BCUT2D eigenvalue weighted by Gasteiger charge is -2.13. The minimum Gasteiger partial charge on any atom is -0.482 e. The van der Waals surface area contributed by atoms with E-state index in [1.807, 2.05) is 6.07 Å². The van der Waals surface area contributed by atoms with E-state index in [9.17, 15) is 14.4 Å². The van der Waals surface area contributed by atoms with Crippen molar-refractivity contribution in [3.05, 3.63) is 64.8 Å². The molecule has 1 aliphatic heterocycles. The number of ether oxygens (including phenoxy) is 1. The summed E-state index contributed by atoms with van der Waals surface area (Å²) in [6.07, 6.45) is 4.82. The molecule has 2 aromatic rings. The van der Waals surface area contributed by atoms with Crippen molar-refractivity contribution in [2.75, 3.05) is 19.7 Å². The average Bonchev–Trinajstić information content (AvgIpc) is 3.00. The lowest BCUT2D eigenvalue weighted by atomic mass is 10.2. The van der Waals surface area contributed by atoms with E-state index in [0.717, 1.165) is 22.2 Å². The molecule has 1 aromatic heterocycles. The lowest BCUT2D eigenvalue weighted by molar-refractivity contribution is -0.125. The minimum absolute atomic E-state index is 0.0512. The number of aromatic nitrogens is 1. The van der Waals surface area contributed by atoms with E-state index in [0.29, 0.717) is 16.2 Å². The van der Waals surface area contributed by atoms with Crippen molar-refractivity contribution in [2.45, 2.75) is 0 Å². The molecule has 1 saturated heterocycles. The summed E-state index contributed by atoms with van der Waals surface area (Å²) in [6, 6.07) is 12.1. The Labute approximate surface area is 171 Å². The van der Waals surface area contributed by atoms with Gasteiger partial charge in [-0.3, -0.25) is 24.3 Å². The SMILES string of the molecule is N#Cc1ccccc1OCC(=O)NCCN1C(=O)S/C(=C\c2cccnc2)C1=O. The van der Waals surface area contributed by atoms with Gasteiger partial charge in [0.25, 0.3) is 17.1 Å². The van der Waals surface area contributed by atoms with Crippen LogP contribution in [0, 0.1) is 11.3 Å². The van der Waals surface area contributed by atoms with Crippen LogP contribution in [-0.4, -0.2) is 46.6 Å². The van der Waals surface area contributed by atoms with Gasteiger partial charge < -0.3 is 10.1 Å². The number of nitriles is 1. The van der Waals surface area contributed by atoms with Crippen molar-refractivity contribution >= 4 is 34.9 Å². The number of carbonyl (C=O) groups is 3. The zero-order valence-electron chi connectivity index (χ0n) is 15.2. The predicted octanol–water partition coefficient (Wildman–Crippen LogP) is 2.18. The Kier molecular flexibility index (Phi) is 6.60. The summed E-state index contributed by atoms with van der Waals surface area (Å²) in [5.74, 6) is -0.510. The Hall–Kier alpha value is -3.64. The summed E-state index contributed by atoms with van der Waals surface area (Å²) in [5.41, 5.74) is 1.06. The lowest BCUT2D eigenvalue weighted by Crippen LogP contribution is -2.38. The molecule has 9 heteroatoms. The molecular formula is C20H16N4O4S. The van der Waals surface area contributed by atoms with Gasteiger partial charge >= 0.3 is 0 Å². The van der Waals surface area contributed by atoms with Crippen molar-refractivity contribution in [3.63, 3.8) is 0 Å². The number of rotatable bonds is 7. The van der Waals surface area contributed by atoms with Crippen LogP contribution in [0.3, 0.4) is 0 Å². The molecule has 0 bridgehead atoms. The molecule has 146 valence electrons. The monoisotopic (exact) mass is 408 g/mol. The van der Waals surface area contributed by atoms with Crippen LogP contribution in [0.4, 0.5) is 4.79 Å². The fourth-order valence-corrected chi connectivity index (χ4v) is 3.36. The van der Waals surface area contributed by atoms with Gasteiger partial charge in [0.1, 0.15) is 11.8 Å². The highest BCUT2D eigenvalue weighted by atomic mass is 32.2. The molecule has 0 radical (unpaired) electrons. The van der Waals surface area contributed by atoms with Crippen LogP contribution in [-0.2, 0) is 9.59 Å². The van der Waals surface area contributed by atoms with Gasteiger partial charge in [-0.1, -0.05) is 18.2 Å². The van der Waals surface area contributed by atoms with Gasteiger partial charge in [-0.2, -0.15) is 5.26 Å². The van der Waals surface area contributed by atoms with Crippen LogP contribution >= 0.6 is 11.8 Å². The Balaban J connectivity index is 1.48. The number of nitrogens with zero attached hydrogens (tertiary/aromatic N) is 3. The van der Waals surface area contributed by atoms with Crippen LogP contribution in [0.5, 0.6) is 5.75 Å². The van der Waals surface area contributed by atoms with Crippen LogP contribution in [0.1, 0.15) is 11.1 Å². The molecule has 3 rings (SSSR count). The molecule has 2 heterocycles. The number of para-hydroxylation sites is 1. The third-order valence-corrected chi connectivity index (χ3v) is 4.79. The fourth-order valence-electron chi connectivity index (χ4n) is 2.49. The quantitative estimate of drug-likeness (QED) is 0.699. The van der Waals surface area contributed by atoms with Gasteiger partial charge in [-0.15, -0.1) is 0 Å². The van der Waals surface area contributed by atoms with Gasteiger partial charge in [-0.05, 0) is 41.6 Å². The van der Waals surface area contributed by atoms with Gasteiger partial charge in [0, 0.05) is 25.5 Å². The molecule has 1 N–H and O–H groups in total. The number of carbonyl (C=O) groups excluding carboxylic acids is 3. The highest BCUT2D eigenvalue weighted by molar-refractivity contribution is 8.18. The number of thioether (sulfide) groups is 1. The molecule has 0 atom stereocenters. The Morgan fingerprint density at radius 3 is 2.86 bits per heavy atom. The number of nitrogens with one attached hydrogen (secondary N) is 1. The summed E-state index contributed by atoms with van der Waals surface area (Å²) in [7, 11) is 0. The van der Waals surface area contributed by atoms with E-state index < -0.39 is 17.1 Å². The summed E-state index contributed by atoms with van der Waals surface area (Å²) in [6.45, 7) is -0.128. The normalized spacial score (nSPS) is 14.7. The van der Waals surface area contributed by atoms with E-state index >= 15 is 0 Å². The first-order valence-corrected chi connectivity index (χ1v) is 9.44. The number of hydrogen-bond donors (Lipinski definition) is 1. The molecule has 1 fully saturated rings. The largest absolute Gasteiger partial charge is 0.482 e. The van der Waals surface area contributed by atoms with Gasteiger partial charge in [0.2, 0.25) is 0 Å². The second-order valence-electron chi connectivity index (χ2n) is 5.87. The maximum atomic E-state index is 12.4. The molecule has 29 heavy (non-hydrogen) atoms. The highest BCUT2D eigenvalue weighted by Gasteiger charge is 2.34. The number of pyridine rings is 1. The smallest absolute Gasteiger partial charge is 0.293 e. The van der Waals surface area contributed by atoms with E-state index in [2.05, 4.69) is 10.3 Å². The fraction of sp³-hybridized carbons (Fsp3) is 0.150. The second-order valence-corrected chi connectivity index (χ2v) is 6.86. The van der Waals surface area contributed by atoms with Crippen LogP contribution < -0.4 is 10.1 Å². The third kappa shape index (κ3) is 5.21. The molecular weight excluding hydrogens is 392 g/mol. The molecule has 8 nitrogen and oxygen atoms in total.